The molecule has 0 heterocycles. The first-order chi connectivity index (χ1) is 11.6. The Hall–Kier alpha value is -1.83. The lowest BCUT2D eigenvalue weighted by Crippen LogP contribution is -2.47. The quantitative estimate of drug-likeness (QED) is 0.707. The van der Waals surface area contributed by atoms with Crippen LogP contribution in [0.4, 0.5) is 18.0 Å². The second kappa shape index (κ2) is 9.60. The van der Waals surface area contributed by atoms with Gasteiger partial charge in [-0.3, -0.25) is 0 Å². The molecule has 25 heavy (non-hydrogen) atoms. The molecule has 0 radical (unpaired) electrons. The lowest BCUT2D eigenvalue weighted by Gasteiger charge is -2.25. The predicted octanol–water partition coefficient (Wildman–Crippen LogP) is 3.96. The third-order valence-electron chi connectivity index (χ3n) is 3.80. The molecule has 0 fully saturated rings. The highest BCUT2D eigenvalue weighted by atomic mass is 32.1. The maximum absolute atomic E-state index is 12.1. The zero-order valence-electron chi connectivity index (χ0n) is 14.4. The average molecular weight is 376 g/mol. The van der Waals surface area contributed by atoms with Gasteiger partial charge in [-0.2, -0.15) is 13.2 Å². The minimum absolute atomic E-state index is 0.0340. The van der Waals surface area contributed by atoms with Crippen LogP contribution in [0.3, 0.4) is 0 Å². The van der Waals surface area contributed by atoms with Crippen LogP contribution in [0.5, 0.6) is 0 Å². The van der Waals surface area contributed by atoms with Gasteiger partial charge in [-0.05, 0) is 12.8 Å². The van der Waals surface area contributed by atoms with E-state index < -0.39 is 24.9 Å². The van der Waals surface area contributed by atoms with Gasteiger partial charge in [0.15, 0.2) is 6.61 Å². The first kappa shape index (κ1) is 21.2. The Kier molecular flexibility index (Phi) is 8.15. The highest BCUT2D eigenvalue weighted by Crippen LogP contribution is 2.15. The van der Waals surface area contributed by atoms with Crippen molar-refractivity contribution in [3.63, 3.8) is 0 Å². The van der Waals surface area contributed by atoms with Crippen LogP contribution in [0.1, 0.15) is 31.4 Å². The van der Waals surface area contributed by atoms with Crippen molar-refractivity contribution in [2.75, 3.05) is 13.2 Å². The van der Waals surface area contributed by atoms with Crippen molar-refractivity contribution in [1.29, 1.82) is 0 Å². The van der Waals surface area contributed by atoms with Gasteiger partial charge in [0, 0.05) is 12.1 Å². The molecule has 2 N–H and O–H groups in total. The summed E-state index contributed by atoms with van der Waals surface area (Å²) < 4.78 is 40.5. The van der Waals surface area contributed by atoms with E-state index in [4.69, 9.17) is 12.2 Å². The zero-order valence-corrected chi connectivity index (χ0v) is 15.3. The Morgan fingerprint density at radius 1 is 1.28 bits per heavy atom. The zero-order chi connectivity index (χ0) is 19.0. The fourth-order valence-corrected chi connectivity index (χ4v) is 2.25. The van der Waals surface area contributed by atoms with E-state index in [1.807, 2.05) is 45.0 Å². The van der Waals surface area contributed by atoms with Crippen LogP contribution in [-0.2, 0) is 4.74 Å². The monoisotopic (exact) mass is 376 g/mol. The highest BCUT2D eigenvalue weighted by Gasteiger charge is 2.30. The van der Waals surface area contributed by atoms with Crippen molar-refractivity contribution in [3.8, 4) is 0 Å². The lowest BCUT2D eigenvalue weighted by molar-refractivity contribution is -0.160. The number of alkyl halides is 3. The molecule has 1 rings (SSSR count). The molecule has 0 aliphatic heterocycles. The van der Waals surface area contributed by atoms with Crippen LogP contribution in [0, 0.1) is 12.8 Å². The van der Waals surface area contributed by atoms with Crippen LogP contribution in [0.2, 0.25) is 0 Å². The predicted molar refractivity (Wildman–Crippen MR) is 94.7 cm³/mol. The maximum atomic E-state index is 12.1. The second-order valence-electron chi connectivity index (χ2n) is 5.90. The molecule has 0 bridgehead atoms. The number of hydrogen-bond donors (Lipinski definition) is 2. The number of carbonyl (C=O) groups is 1. The number of alkyl carbamates (subject to hydrolysis) is 1. The second-order valence-corrected chi connectivity index (χ2v) is 6.31. The number of hydrogen-bond acceptors (Lipinski definition) is 3. The van der Waals surface area contributed by atoms with E-state index in [1.54, 1.807) is 0 Å². The number of nitrogens with one attached hydrogen (secondary N) is 2. The fraction of sp³-hybridized carbons (Fsp3) is 0.529. The van der Waals surface area contributed by atoms with Crippen LogP contribution < -0.4 is 10.6 Å². The van der Waals surface area contributed by atoms with Gasteiger partial charge >= 0.3 is 12.3 Å². The molecule has 0 spiro atoms. The summed E-state index contributed by atoms with van der Waals surface area (Å²) in [5, 5.41) is 5.52. The molecule has 4 nitrogen and oxygen atoms in total. The molecule has 2 atom stereocenters. The smallest absolute Gasteiger partial charge is 0.422 e. The maximum Gasteiger partial charge on any atom is 0.422 e. The Morgan fingerprint density at radius 2 is 1.88 bits per heavy atom. The topological polar surface area (TPSA) is 50.4 Å². The molecule has 0 aliphatic carbocycles. The summed E-state index contributed by atoms with van der Waals surface area (Å²) >= 11 is 5.31. The Morgan fingerprint density at radius 3 is 2.40 bits per heavy atom. The number of thiocarbonyl (C=S) groups is 1. The summed E-state index contributed by atoms with van der Waals surface area (Å²) in [6, 6.07) is 7.22. The van der Waals surface area contributed by atoms with E-state index in [0.29, 0.717) is 11.5 Å². The third-order valence-corrected chi connectivity index (χ3v) is 4.18. The van der Waals surface area contributed by atoms with Gasteiger partial charge in [0.25, 0.3) is 0 Å². The average Bonchev–Trinajstić information content (AvgIpc) is 2.55. The molecule has 8 heteroatoms. The van der Waals surface area contributed by atoms with Gasteiger partial charge in [0.05, 0.1) is 6.04 Å². The molecular weight excluding hydrogens is 353 g/mol. The fourth-order valence-electron chi connectivity index (χ4n) is 2.03. The van der Waals surface area contributed by atoms with E-state index >= 15 is 0 Å². The number of aryl methyl sites for hydroxylation is 1. The largest absolute Gasteiger partial charge is 0.440 e. The number of amides is 1. The van der Waals surface area contributed by atoms with Crippen molar-refractivity contribution in [3.05, 3.63) is 35.4 Å². The Balaban J connectivity index is 2.59. The van der Waals surface area contributed by atoms with E-state index in [9.17, 15) is 18.0 Å². The van der Waals surface area contributed by atoms with E-state index in [2.05, 4.69) is 15.4 Å². The molecule has 1 amide bonds. The third kappa shape index (κ3) is 8.20. The Bertz CT molecular complexity index is 576. The van der Waals surface area contributed by atoms with Crippen LogP contribution in [-0.4, -0.2) is 36.5 Å². The highest BCUT2D eigenvalue weighted by molar-refractivity contribution is 7.80. The molecule has 1 aromatic carbocycles. The van der Waals surface area contributed by atoms with Crippen molar-refractivity contribution < 1.29 is 22.7 Å². The van der Waals surface area contributed by atoms with E-state index in [0.717, 1.165) is 17.5 Å². The molecule has 0 aliphatic rings. The normalized spacial score (nSPS) is 13.7. The molecule has 0 saturated heterocycles. The van der Waals surface area contributed by atoms with E-state index in [-0.39, 0.29) is 5.92 Å². The minimum atomic E-state index is -4.55. The molecule has 0 saturated carbocycles. The summed E-state index contributed by atoms with van der Waals surface area (Å²) in [5.74, 6) is 0.0340. The number of benzene rings is 1. The molecule has 0 aromatic heterocycles. The van der Waals surface area contributed by atoms with Crippen molar-refractivity contribution in [1.82, 2.24) is 10.6 Å². The summed E-state index contributed by atoms with van der Waals surface area (Å²) in [7, 11) is 0. The van der Waals surface area contributed by atoms with Crippen LogP contribution in [0.25, 0.3) is 0 Å². The van der Waals surface area contributed by atoms with Crippen molar-refractivity contribution in [2.24, 2.45) is 5.92 Å². The molecule has 1 aromatic rings. The van der Waals surface area contributed by atoms with Crippen molar-refractivity contribution in [2.45, 2.75) is 39.4 Å². The minimum Gasteiger partial charge on any atom is -0.440 e. The van der Waals surface area contributed by atoms with E-state index in [1.165, 1.54) is 0 Å². The summed E-state index contributed by atoms with van der Waals surface area (Å²) in [4.78, 5) is 12.1. The molecular formula is C17H23F3N2O2S. The number of carbonyl (C=O) groups excluding carboxylic acids is 1. The van der Waals surface area contributed by atoms with Gasteiger partial charge in [0.2, 0.25) is 0 Å². The van der Waals surface area contributed by atoms with Crippen LogP contribution in [0.15, 0.2) is 24.3 Å². The number of ether oxygens (including phenoxy) is 1. The SMILES string of the molecule is CCC(C)C(CNC(=S)c1ccc(C)cc1)NC(=O)OCC(F)(F)F. The summed E-state index contributed by atoms with van der Waals surface area (Å²) in [6.07, 6.45) is -4.90. The van der Waals surface area contributed by atoms with Crippen molar-refractivity contribution >= 4 is 23.3 Å². The van der Waals surface area contributed by atoms with Gasteiger partial charge in [-0.15, -0.1) is 0 Å². The van der Waals surface area contributed by atoms with Gasteiger partial charge in [-0.25, -0.2) is 4.79 Å². The first-order valence-corrected chi connectivity index (χ1v) is 8.38. The summed E-state index contributed by atoms with van der Waals surface area (Å²) in [6.45, 7) is 4.48. The lowest BCUT2D eigenvalue weighted by atomic mass is 9.99. The number of rotatable bonds is 7. The van der Waals surface area contributed by atoms with Crippen LogP contribution >= 0.6 is 12.2 Å². The van der Waals surface area contributed by atoms with Gasteiger partial charge in [-0.1, -0.05) is 62.3 Å². The molecule has 2 unspecified atom stereocenters. The standard InChI is InChI=1S/C17H23F3N2O2S/c1-4-12(3)14(22-16(23)24-10-17(18,19)20)9-21-15(25)13-7-5-11(2)6-8-13/h5-8,12,14H,4,9-10H2,1-3H3,(H,21,25)(H,22,23). The Labute approximate surface area is 151 Å². The molecule has 140 valence electrons. The van der Waals surface area contributed by atoms with Gasteiger partial charge in [0.1, 0.15) is 4.99 Å². The first-order valence-electron chi connectivity index (χ1n) is 7.97. The number of halogens is 3. The van der Waals surface area contributed by atoms with Gasteiger partial charge < -0.3 is 15.4 Å². The summed E-state index contributed by atoms with van der Waals surface area (Å²) in [5.41, 5.74) is 1.95.